The van der Waals surface area contributed by atoms with Crippen molar-refractivity contribution >= 4 is 29.1 Å². The molecular formula is C12H8ClN5O3. The lowest BCUT2D eigenvalue weighted by Crippen LogP contribution is -2.28. The predicted molar refractivity (Wildman–Crippen MR) is 70.9 cm³/mol. The summed E-state index contributed by atoms with van der Waals surface area (Å²) in [6, 6.07) is 6.33. The summed E-state index contributed by atoms with van der Waals surface area (Å²) in [5.74, 6) is 0.00923. The van der Waals surface area contributed by atoms with Crippen LogP contribution in [0, 0.1) is 0 Å². The Hall–Kier alpha value is -2.61. The van der Waals surface area contributed by atoms with E-state index in [1.807, 2.05) is 0 Å². The van der Waals surface area contributed by atoms with Crippen molar-refractivity contribution in [3.05, 3.63) is 29.5 Å². The molecule has 0 unspecified atom stereocenters. The topological polar surface area (TPSA) is 98.2 Å². The normalized spacial score (nSPS) is 14.6. The number of halogens is 1. The van der Waals surface area contributed by atoms with Gasteiger partial charge in [-0.25, -0.2) is 0 Å². The number of hydrogen-bond donors (Lipinski definition) is 0. The van der Waals surface area contributed by atoms with E-state index in [1.165, 1.54) is 0 Å². The Bertz CT molecular complexity index is 673. The van der Waals surface area contributed by atoms with E-state index in [9.17, 15) is 9.59 Å². The van der Waals surface area contributed by atoms with E-state index in [-0.39, 0.29) is 36.0 Å². The molecule has 106 valence electrons. The second-order valence-corrected chi connectivity index (χ2v) is 4.51. The van der Waals surface area contributed by atoms with Crippen molar-refractivity contribution in [1.29, 1.82) is 0 Å². The van der Waals surface area contributed by atoms with Crippen molar-refractivity contribution in [2.45, 2.75) is 12.8 Å². The third kappa shape index (κ3) is 2.79. The Balaban J connectivity index is 1.76. The molecule has 1 aliphatic heterocycles. The quantitative estimate of drug-likeness (QED) is 0.790. The highest BCUT2D eigenvalue weighted by atomic mass is 35.5. The molecule has 1 aromatic heterocycles. The van der Waals surface area contributed by atoms with Gasteiger partial charge in [-0.3, -0.25) is 14.5 Å². The molecule has 1 fully saturated rings. The average Bonchev–Trinajstić information content (AvgIpc) is 2.82. The lowest BCUT2D eigenvalue weighted by molar-refractivity contribution is -0.121. The molecule has 0 aliphatic carbocycles. The summed E-state index contributed by atoms with van der Waals surface area (Å²) in [5.41, 5.74) is 0.503. The molecule has 8 nitrogen and oxygen atoms in total. The first-order chi connectivity index (χ1) is 10.1. The summed E-state index contributed by atoms with van der Waals surface area (Å²) in [4.78, 5) is 24.4. The van der Waals surface area contributed by atoms with Gasteiger partial charge in [0.2, 0.25) is 11.8 Å². The van der Waals surface area contributed by atoms with Gasteiger partial charge in [-0.1, -0.05) is 10.2 Å². The Morgan fingerprint density at radius 2 is 1.52 bits per heavy atom. The van der Waals surface area contributed by atoms with E-state index in [0.29, 0.717) is 11.4 Å². The molecule has 9 heteroatoms. The number of ether oxygens (including phenoxy) is 1. The van der Waals surface area contributed by atoms with Gasteiger partial charge >= 0.3 is 6.01 Å². The van der Waals surface area contributed by atoms with Crippen LogP contribution in [0.2, 0.25) is 5.28 Å². The van der Waals surface area contributed by atoms with Crippen LogP contribution in [0.5, 0.6) is 11.8 Å². The third-order valence-corrected chi connectivity index (χ3v) is 2.94. The number of benzene rings is 1. The maximum Gasteiger partial charge on any atom is 0.360 e. The van der Waals surface area contributed by atoms with E-state index in [1.54, 1.807) is 24.3 Å². The summed E-state index contributed by atoms with van der Waals surface area (Å²) in [6.07, 6.45) is 0.486. The summed E-state index contributed by atoms with van der Waals surface area (Å²) >= 11 is 5.46. The van der Waals surface area contributed by atoms with Crippen molar-refractivity contribution in [1.82, 2.24) is 20.4 Å². The maximum atomic E-state index is 11.6. The minimum atomic E-state index is -0.205. The maximum absolute atomic E-state index is 11.6. The van der Waals surface area contributed by atoms with Crippen LogP contribution in [0.4, 0.5) is 5.69 Å². The van der Waals surface area contributed by atoms with Crippen molar-refractivity contribution in [3.63, 3.8) is 0 Å². The van der Waals surface area contributed by atoms with Crippen LogP contribution in [0.15, 0.2) is 24.3 Å². The van der Waals surface area contributed by atoms with Crippen LogP contribution in [-0.2, 0) is 9.59 Å². The van der Waals surface area contributed by atoms with Crippen LogP contribution < -0.4 is 9.64 Å². The van der Waals surface area contributed by atoms with Gasteiger partial charge in [0.15, 0.2) is 0 Å². The predicted octanol–water partition coefficient (Wildman–Crippen LogP) is 1.37. The molecule has 2 amide bonds. The van der Waals surface area contributed by atoms with Crippen molar-refractivity contribution < 1.29 is 14.3 Å². The van der Waals surface area contributed by atoms with Crippen molar-refractivity contribution in [2.75, 3.05) is 4.90 Å². The zero-order valence-electron chi connectivity index (χ0n) is 10.6. The summed E-state index contributed by atoms with van der Waals surface area (Å²) in [6.45, 7) is 0. The summed E-state index contributed by atoms with van der Waals surface area (Å²) in [5, 5.41) is 14.1. The molecule has 2 heterocycles. The molecule has 21 heavy (non-hydrogen) atoms. The van der Waals surface area contributed by atoms with E-state index in [2.05, 4.69) is 20.4 Å². The minimum absolute atomic E-state index is 0.0551. The minimum Gasteiger partial charge on any atom is -0.422 e. The number of imide groups is 1. The molecule has 1 aliphatic rings. The number of rotatable bonds is 3. The molecular weight excluding hydrogens is 298 g/mol. The number of carbonyl (C=O) groups excluding carboxylic acids is 2. The van der Waals surface area contributed by atoms with Gasteiger partial charge in [0.25, 0.3) is 5.28 Å². The highest BCUT2D eigenvalue weighted by Gasteiger charge is 2.30. The lowest BCUT2D eigenvalue weighted by Gasteiger charge is -2.13. The molecule has 0 saturated carbocycles. The standard InChI is InChI=1S/C12H8ClN5O3/c13-11-14-16-12(17-15-11)21-8-3-1-7(2-4-8)18-9(19)5-6-10(18)20/h1-4H,5-6H2. The van der Waals surface area contributed by atoms with Gasteiger partial charge in [0, 0.05) is 12.8 Å². The smallest absolute Gasteiger partial charge is 0.360 e. The van der Waals surface area contributed by atoms with E-state index in [0.717, 1.165) is 4.90 Å². The van der Waals surface area contributed by atoms with Crippen molar-refractivity contribution in [3.8, 4) is 11.8 Å². The fraction of sp³-hybridized carbons (Fsp3) is 0.167. The third-order valence-electron chi connectivity index (χ3n) is 2.79. The van der Waals surface area contributed by atoms with Crippen LogP contribution in [0.3, 0.4) is 0 Å². The zero-order chi connectivity index (χ0) is 14.8. The highest BCUT2D eigenvalue weighted by molar-refractivity contribution is 6.28. The molecule has 2 aromatic rings. The number of aromatic nitrogens is 4. The SMILES string of the molecule is O=C1CCC(=O)N1c1ccc(Oc2nnc(Cl)nn2)cc1. The Labute approximate surface area is 123 Å². The van der Waals surface area contributed by atoms with Crippen LogP contribution in [0.25, 0.3) is 0 Å². The molecule has 0 atom stereocenters. The van der Waals surface area contributed by atoms with E-state index < -0.39 is 0 Å². The Morgan fingerprint density at radius 1 is 0.952 bits per heavy atom. The first-order valence-electron chi connectivity index (χ1n) is 6.00. The molecule has 0 N–H and O–H groups in total. The molecule has 3 rings (SSSR count). The monoisotopic (exact) mass is 305 g/mol. The number of carbonyl (C=O) groups is 2. The largest absolute Gasteiger partial charge is 0.422 e. The van der Waals surface area contributed by atoms with Crippen molar-refractivity contribution in [2.24, 2.45) is 0 Å². The molecule has 0 spiro atoms. The lowest BCUT2D eigenvalue weighted by atomic mass is 10.3. The van der Waals surface area contributed by atoms with Gasteiger partial charge in [-0.05, 0) is 35.9 Å². The Kier molecular flexibility index (Phi) is 3.44. The van der Waals surface area contributed by atoms with Crippen LogP contribution >= 0.6 is 11.6 Å². The van der Waals surface area contributed by atoms with Gasteiger partial charge < -0.3 is 4.74 Å². The Morgan fingerprint density at radius 3 is 2.10 bits per heavy atom. The first kappa shape index (κ1) is 13.4. The number of nitrogens with zero attached hydrogens (tertiary/aromatic N) is 5. The number of amides is 2. The molecule has 0 bridgehead atoms. The van der Waals surface area contributed by atoms with Gasteiger partial charge in [0.05, 0.1) is 5.69 Å². The summed E-state index contributed by atoms with van der Waals surface area (Å²) < 4.78 is 5.31. The first-order valence-corrected chi connectivity index (χ1v) is 6.38. The zero-order valence-corrected chi connectivity index (χ0v) is 11.3. The fourth-order valence-electron chi connectivity index (χ4n) is 1.88. The fourth-order valence-corrected chi connectivity index (χ4v) is 1.96. The average molecular weight is 306 g/mol. The second-order valence-electron chi connectivity index (χ2n) is 4.17. The second kappa shape index (κ2) is 5.41. The number of hydrogen-bond acceptors (Lipinski definition) is 7. The van der Waals surface area contributed by atoms with Crippen LogP contribution in [-0.4, -0.2) is 32.2 Å². The highest BCUT2D eigenvalue weighted by Crippen LogP contribution is 2.26. The molecule has 1 saturated heterocycles. The van der Waals surface area contributed by atoms with Crippen LogP contribution in [0.1, 0.15) is 12.8 Å². The van der Waals surface area contributed by atoms with Gasteiger partial charge in [-0.2, -0.15) is 0 Å². The van der Waals surface area contributed by atoms with E-state index >= 15 is 0 Å². The van der Waals surface area contributed by atoms with E-state index in [4.69, 9.17) is 16.3 Å². The molecule has 1 aromatic carbocycles. The molecule has 0 radical (unpaired) electrons. The van der Waals surface area contributed by atoms with Gasteiger partial charge in [-0.15, -0.1) is 10.2 Å². The number of anilines is 1. The summed E-state index contributed by atoms with van der Waals surface area (Å²) in [7, 11) is 0. The van der Waals surface area contributed by atoms with Gasteiger partial charge in [0.1, 0.15) is 5.75 Å².